The van der Waals surface area contributed by atoms with Gasteiger partial charge in [-0.25, -0.2) is 0 Å². The molecule has 0 rings (SSSR count). The van der Waals surface area contributed by atoms with Gasteiger partial charge in [0.05, 0.1) is 40.3 Å². The molecule has 0 saturated heterocycles. The minimum absolute atomic E-state index is 0.165. The number of carbonyl (C=O) groups excluding carboxylic acids is 2. The summed E-state index contributed by atoms with van der Waals surface area (Å²) < 4.78 is 16.0. The number of hydrogen-bond acceptors (Lipinski definition) is 7. The Morgan fingerprint density at radius 2 is 0.946 bits per heavy atom. The van der Waals surface area contributed by atoms with E-state index in [0.717, 1.165) is 77.0 Å². The maximum atomic E-state index is 12.0. The number of hydrogen-bond donors (Lipinski definition) is 1. The molecule has 0 aromatic rings. The second kappa shape index (κ2) is 39.9. The van der Waals surface area contributed by atoms with Crippen molar-refractivity contribution in [2.45, 2.75) is 148 Å². The minimum Gasteiger partial charge on any atom is -0.545 e. The van der Waals surface area contributed by atoms with Crippen LogP contribution in [-0.4, -0.2) is 81.4 Å². The molecule has 0 amide bonds. The molecule has 0 radical (unpaired) electrons. The highest BCUT2D eigenvalue weighted by atomic mass is 16.7. The maximum Gasteiger partial charge on any atom is 0.305 e. The van der Waals surface area contributed by atoms with Gasteiger partial charge in [-0.3, -0.25) is 4.79 Å². The molecule has 1 N–H and O–H groups in total. The van der Waals surface area contributed by atoms with Crippen molar-refractivity contribution in [2.24, 2.45) is 0 Å². The third kappa shape index (κ3) is 41.9. The molecule has 0 aromatic heterocycles. The number of aliphatic hydroxyl groups excluding tert-OH is 1. The fourth-order valence-electron chi connectivity index (χ4n) is 5.25. The molecule has 0 aromatic carbocycles. The van der Waals surface area contributed by atoms with Crippen LogP contribution in [0.3, 0.4) is 0 Å². The summed E-state index contributed by atoms with van der Waals surface area (Å²) in [5.74, 6) is -1.88. The summed E-state index contributed by atoms with van der Waals surface area (Å²) in [6.45, 7) is 2.32. The van der Waals surface area contributed by atoms with Crippen LogP contribution in [0.5, 0.6) is 0 Å². The monoisotopic (exact) mass is 782 g/mol. The summed E-state index contributed by atoms with van der Waals surface area (Å²) in [5, 5.41) is 21.2. The summed E-state index contributed by atoms with van der Waals surface area (Å²) in [4.78, 5) is 23.2. The molecule has 0 bridgehead atoms. The topological polar surface area (TPSA) is 105 Å². The molecule has 8 heteroatoms. The van der Waals surface area contributed by atoms with Crippen molar-refractivity contribution < 1.29 is 38.5 Å². The lowest BCUT2D eigenvalue weighted by Crippen LogP contribution is -2.44. The van der Waals surface area contributed by atoms with E-state index in [1.165, 1.54) is 44.9 Å². The number of carboxylic acids is 1. The average molecular weight is 782 g/mol. The zero-order chi connectivity index (χ0) is 41.2. The van der Waals surface area contributed by atoms with E-state index < -0.39 is 18.4 Å². The number of quaternary nitrogens is 1. The Hall–Kier alpha value is -3.30. The third-order valence-corrected chi connectivity index (χ3v) is 8.58. The van der Waals surface area contributed by atoms with Gasteiger partial charge in [-0.2, -0.15) is 0 Å². The van der Waals surface area contributed by atoms with Gasteiger partial charge >= 0.3 is 5.97 Å². The summed E-state index contributed by atoms with van der Waals surface area (Å²) in [6.07, 6.45) is 54.3. The van der Waals surface area contributed by atoms with E-state index in [9.17, 15) is 19.8 Å². The maximum absolute atomic E-state index is 12.0. The lowest BCUT2D eigenvalue weighted by Gasteiger charge is -2.26. The van der Waals surface area contributed by atoms with Gasteiger partial charge in [0, 0.05) is 6.42 Å². The first-order valence-corrected chi connectivity index (χ1v) is 21.4. The molecule has 0 heterocycles. The van der Waals surface area contributed by atoms with Gasteiger partial charge in [0.2, 0.25) is 0 Å². The Bertz CT molecular complexity index is 1170. The first-order chi connectivity index (χ1) is 27.2. The van der Waals surface area contributed by atoms with Crippen molar-refractivity contribution in [3.8, 4) is 0 Å². The van der Waals surface area contributed by atoms with Crippen molar-refractivity contribution >= 4 is 11.9 Å². The Kier molecular flexibility index (Phi) is 37.6. The van der Waals surface area contributed by atoms with E-state index in [4.69, 9.17) is 14.2 Å². The van der Waals surface area contributed by atoms with Crippen molar-refractivity contribution in [1.29, 1.82) is 0 Å². The number of allylic oxidation sites excluding steroid dienone is 16. The van der Waals surface area contributed by atoms with Crippen LogP contribution < -0.4 is 5.11 Å². The van der Waals surface area contributed by atoms with E-state index >= 15 is 0 Å². The molecule has 0 fully saturated rings. The number of ether oxygens (including phenoxy) is 3. The first kappa shape index (κ1) is 52.7. The first-order valence-electron chi connectivity index (χ1n) is 21.4. The number of esters is 1. The van der Waals surface area contributed by atoms with Crippen LogP contribution >= 0.6 is 0 Å². The van der Waals surface area contributed by atoms with Crippen molar-refractivity contribution in [1.82, 2.24) is 0 Å². The quantitative estimate of drug-likeness (QED) is 0.0219. The minimum atomic E-state index is -1.58. The smallest absolute Gasteiger partial charge is 0.305 e. The molecule has 0 aliphatic rings. The van der Waals surface area contributed by atoms with Crippen LogP contribution in [0.15, 0.2) is 97.2 Å². The molecule has 0 aliphatic heterocycles. The second-order valence-electron chi connectivity index (χ2n) is 15.1. The van der Waals surface area contributed by atoms with Gasteiger partial charge in [0.1, 0.15) is 19.3 Å². The number of aliphatic carboxylic acids is 1. The van der Waals surface area contributed by atoms with Gasteiger partial charge < -0.3 is 33.7 Å². The summed E-state index contributed by atoms with van der Waals surface area (Å²) in [6, 6.07) is 0. The van der Waals surface area contributed by atoms with E-state index in [1.54, 1.807) is 0 Å². The number of nitrogens with zero attached hydrogens (tertiary/aromatic N) is 1. The van der Waals surface area contributed by atoms with Crippen LogP contribution in [-0.2, 0) is 23.8 Å². The van der Waals surface area contributed by atoms with E-state index in [0.29, 0.717) is 17.4 Å². The zero-order valence-electron chi connectivity index (χ0n) is 35.7. The number of carbonyl (C=O) groups is 2. The highest BCUT2D eigenvalue weighted by Gasteiger charge is 2.17. The normalized spacial score (nSPS) is 14.1. The lowest BCUT2D eigenvalue weighted by molar-refractivity contribution is -0.870. The fourth-order valence-corrected chi connectivity index (χ4v) is 5.25. The highest BCUT2D eigenvalue weighted by molar-refractivity contribution is 5.69. The number of likely N-dealkylation sites (N-methyl/N-ethyl adjacent to an activating group) is 1. The summed E-state index contributed by atoms with van der Waals surface area (Å²) in [5.41, 5.74) is 0. The summed E-state index contributed by atoms with van der Waals surface area (Å²) >= 11 is 0. The average Bonchev–Trinajstić information content (AvgIpc) is 3.16. The zero-order valence-corrected chi connectivity index (χ0v) is 35.7. The highest BCUT2D eigenvalue weighted by Crippen LogP contribution is 2.13. The molecule has 56 heavy (non-hydrogen) atoms. The van der Waals surface area contributed by atoms with Crippen LogP contribution in [0.25, 0.3) is 0 Å². The van der Waals surface area contributed by atoms with Crippen LogP contribution in [0.4, 0.5) is 0 Å². The number of rotatable bonds is 38. The van der Waals surface area contributed by atoms with Crippen molar-refractivity contribution in [2.75, 3.05) is 47.5 Å². The lowest BCUT2D eigenvalue weighted by atomic mass is 10.1. The Morgan fingerprint density at radius 3 is 1.36 bits per heavy atom. The number of unbranched alkanes of at least 4 members (excludes halogenated alkanes) is 10. The Balaban J connectivity index is 3.58. The molecular formula is C48H79NO7. The van der Waals surface area contributed by atoms with Crippen molar-refractivity contribution in [3.63, 3.8) is 0 Å². The predicted molar refractivity (Wildman–Crippen MR) is 232 cm³/mol. The van der Waals surface area contributed by atoms with Gasteiger partial charge in [0.15, 0.2) is 6.29 Å². The van der Waals surface area contributed by atoms with Crippen LogP contribution in [0, 0.1) is 0 Å². The third-order valence-electron chi connectivity index (χ3n) is 8.58. The molecule has 318 valence electrons. The van der Waals surface area contributed by atoms with E-state index in [-0.39, 0.29) is 25.8 Å². The van der Waals surface area contributed by atoms with Gasteiger partial charge in [-0.15, -0.1) is 0 Å². The summed E-state index contributed by atoms with van der Waals surface area (Å²) in [7, 11) is 5.86. The standard InChI is InChI=1S/C48H79NO7/c1-5-6-7-8-9-10-11-12-13-14-15-16-17-18-19-20-21-22-23-24-25-26-27-28-29-30-31-32-33-34-35-36-37-38-39-40-46(51)55-43-45(50)44-56-48(47(52)53)54-42-41-49(2,3)4/h6-7,9-10,12-13,15-16,18-19,21-22,24-25,27-28,45,48,50H,5,8,11,14,17,20,23,26,29-44H2,1-4H3/b7-6-,10-9-,13-12-,16-15-,19-18-,22-21-,25-24-,28-27-. The second-order valence-corrected chi connectivity index (χ2v) is 15.1. The van der Waals surface area contributed by atoms with Gasteiger partial charge in [0.25, 0.3) is 0 Å². The predicted octanol–water partition coefficient (Wildman–Crippen LogP) is 9.98. The van der Waals surface area contributed by atoms with E-state index in [2.05, 4.69) is 104 Å². The largest absolute Gasteiger partial charge is 0.545 e. The van der Waals surface area contributed by atoms with Gasteiger partial charge in [-0.05, 0) is 70.6 Å². The molecule has 0 saturated carbocycles. The van der Waals surface area contributed by atoms with Gasteiger partial charge in [-0.1, -0.05) is 156 Å². The Morgan fingerprint density at radius 1 is 0.554 bits per heavy atom. The SMILES string of the molecule is CC/C=C\C/C=C\C/C=C\C/C=C\C/C=C\C/C=C\C/C=C\C/C=C\CCCCCCCCCCCCC(=O)OCC(O)COC(OCC[N+](C)(C)C)C(=O)[O-]. The Labute approximate surface area is 342 Å². The van der Waals surface area contributed by atoms with E-state index in [1.807, 2.05) is 21.1 Å². The molecule has 8 nitrogen and oxygen atoms in total. The fraction of sp³-hybridized carbons (Fsp3) is 0.625. The molecular weight excluding hydrogens is 703 g/mol. The molecule has 0 aliphatic carbocycles. The molecule has 2 unspecified atom stereocenters. The molecule has 2 atom stereocenters. The molecule has 0 spiro atoms. The van der Waals surface area contributed by atoms with Crippen molar-refractivity contribution in [3.05, 3.63) is 97.2 Å². The number of carboxylic acid groups (broad SMARTS) is 1. The number of aliphatic hydroxyl groups is 1. The van der Waals surface area contributed by atoms with Crippen LogP contribution in [0.1, 0.15) is 135 Å². The van der Waals surface area contributed by atoms with Crippen LogP contribution in [0.2, 0.25) is 0 Å².